The van der Waals surface area contributed by atoms with Crippen LogP contribution in [0.2, 0.25) is 0 Å². The average Bonchev–Trinajstić information content (AvgIpc) is 2.80. The molecule has 0 radical (unpaired) electrons. The molecule has 2 fully saturated rings. The molecule has 0 spiro atoms. The lowest BCUT2D eigenvalue weighted by molar-refractivity contribution is -0.205. The standard InChI is InChI=1S/C30H34O9/c1-12(2)20-24(35)18(14(5)31)26(37)30(39)27(38)21-25(36)19-16(10-28(21,6)11-29(20,30)7)15(8-9-17(19)32)23(34)22(33)13(3)4/h8-9,12-13,18,20-21,32,39H,10-11H2,1-7H3/t18?,20?,21?,28-,29-,30+/m1/s1. The zero-order valence-corrected chi connectivity index (χ0v) is 23.2. The van der Waals surface area contributed by atoms with E-state index in [0.717, 1.165) is 13.0 Å². The first kappa shape index (κ1) is 28.7. The van der Waals surface area contributed by atoms with Crippen LogP contribution in [0.4, 0.5) is 0 Å². The third-order valence-corrected chi connectivity index (χ3v) is 9.26. The highest BCUT2D eigenvalue weighted by Crippen LogP contribution is 2.63. The molecule has 0 saturated heterocycles. The van der Waals surface area contributed by atoms with E-state index in [-0.39, 0.29) is 29.5 Å². The number of Topliss-reactive ketones (excluding diaryl/α,β-unsaturated/α-hetero) is 7. The van der Waals surface area contributed by atoms with Crippen LogP contribution in [-0.2, 0) is 30.4 Å². The number of carbonyl (C=O) groups excluding carboxylic acids is 7. The number of benzene rings is 1. The summed E-state index contributed by atoms with van der Waals surface area (Å²) in [6.07, 6.45) is -0.231. The summed E-state index contributed by atoms with van der Waals surface area (Å²) in [5.41, 5.74) is -5.96. The van der Waals surface area contributed by atoms with Crippen LogP contribution in [-0.4, -0.2) is 56.3 Å². The maximum atomic E-state index is 14.2. The molecule has 2 N–H and O–H groups in total. The second-order valence-electron chi connectivity index (χ2n) is 12.7. The molecule has 208 valence electrons. The van der Waals surface area contributed by atoms with E-state index >= 15 is 0 Å². The van der Waals surface area contributed by atoms with Gasteiger partial charge in [0.1, 0.15) is 17.5 Å². The number of aromatic hydroxyl groups is 1. The van der Waals surface area contributed by atoms with Crippen LogP contribution in [0.25, 0.3) is 0 Å². The van der Waals surface area contributed by atoms with Crippen molar-refractivity contribution in [2.45, 2.75) is 66.9 Å². The number of hydrogen-bond acceptors (Lipinski definition) is 9. The van der Waals surface area contributed by atoms with Crippen molar-refractivity contribution in [1.29, 1.82) is 0 Å². The number of phenols is 1. The number of hydrogen-bond donors (Lipinski definition) is 2. The maximum Gasteiger partial charge on any atom is 0.229 e. The van der Waals surface area contributed by atoms with Gasteiger partial charge in [0.15, 0.2) is 28.7 Å². The van der Waals surface area contributed by atoms with Gasteiger partial charge in [-0.15, -0.1) is 0 Å². The summed E-state index contributed by atoms with van der Waals surface area (Å²) in [7, 11) is 0. The Kier molecular flexibility index (Phi) is 6.50. The van der Waals surface area contributed by atoms with Gasteiger partial charge in [-0.05, 0) is 48.8 Å². The molecule has 0 aliphatic heterocycles. The zero-order valence-electron chi connectivity index (χ0n) is 23.2. The number of fused-ring (bicyclic) bond motifs is 3. The third-order valence-electron chi connectivity index (χ3n) is 9.26. The van der Waals surface area contributed by atoms with Crippen molar-refractivity contribution in [3.8, 4) is 5.75 Å². The molecule has 0 heterocycles. The van der Waals surface area contributed by atoms with E-state index in [9.17, 15) is 43.8 Å². The molecule has 3 aliphatic rings. The Morgan fingerprint density at radius 2 is 1.56 bits per heavy atom. The van der Waals surface area contributed by atoms with Crippen molar-refractivity contribution in [2.75, 3.05) is 0 Å². The summed E-state index contributed by atoms with van der Waals surface area (Å²) in [6.45, 7) is 10.7. The van der Waals surface area contributed by atoms with Gasteiger partial charge in [0, 0.05) is 22.8 Å². The molecule has 3 aliphatic carbocycles. The predicted molar refractivity (Wildman–Crippen MR) is 137 cm³/mol. The van der Waals surface area contributed by atoms with E-state index in [0.29, 0.717) is 0 Å². The molecule has 9 nitrogen and oxygen atoms in total. The molecular formula is C30H34O9. The molecule has 1 aromatic carbocycles. The van der Waals surface area contributed by atoms with Gasteiger partial charge >= 0.3 is 0 Å². The van der Waals surface area contributed by atoms with Crippen molar-refractivity contribution in [3.05, 3.63) is 28.8 Å². The van der Waals surface area contributed by atoms with E-state index in [1.807, 2.05) is 0 Å². The molecule has 0 bridgehead atoms. The molecule has 4 rings (SSSR count). The predicted octanol–water partition coefficient (Wildman–Crippen LogP) is 2.50. The second-order valence-corrected chi connectivity index (χ2v) is 12.7. The molecule has 3 unspecified atom stereocenters. The van der Waals surface area contributed by atoms with Crippen molar-refractivity contribution < 1.29 is 43.8 Å². The second kappa shape index (κ2) is 8.84. The van der Waals surface area contributed by atoms with Crippen LogP contribution in [0.15, 0.2) is 12.1 Å². The maximum absolute atomic E-state index is 14.2. The average molecular weight is 539 g/mol. The zero-order chi connectivity index (χ0) is 29.6. The van der Waals surface area contributed by atoms with Crippen molar-refractivity contribution in [1.82, 2.24) is 0 Å². The normalized spacial score (nSPS) is 34.1. The summed E-state index contributed by atoms with van der Waals surface area (Å²) in [5.74, 6) is -12.2. The number of carbonyl (C=O) groups is 7. The highest BCUT2D eigenvalue weighted by Gasteiger charge is 2.76. The molecule has 1 aromatic rings. The fourth-order valence-corrected chi connectivity index (χ4v) is 7.74. The summed E-state index contributed by atoms with van der Waals surface area (Å²) < 4.78 is 0. The Balaban J connectivity index is 1.98. The number of ketones is 7. The van der Waals surface area contributed by atoms with Crippen LogP contribution in [0.3, 0.4) is 0 Å². The van der Waals surface area contributed by atoms with E-state index in [2.05, 4.69) is 0 Å². The van der Waals surface area contributed by atoms with Crippen LogP contribution in [0, 0.1) is 40.4 Å². The van der Waals surface area contributed by atoms with Crippen LogP contribution in [0.5, 0.6) is 5.75 Å². The van der Waals surface area contributed by atoms with Crippen LogP contribution < -0.4 is 0 Å². The lowest BCUT2D eigenvalue weighted by Crippen LogP contribution is -2.76. The van der Waals surface area contributed by atoms with Gasteiger partial charge in [0.2, 0.25) is 11.6 Å². The van der Waals surface area contributed by atoms with Gasteiger partial charge in [-0.3, -0.25) is 33.6 Å². The summed E-state index contributed by atoms with van der Waals surface area (Å²) in [5, 5.41) is 22.6. The largest absolute Gasteiger partial charge is 0.507 e. The topological polar surface area (TPSA) is 160 Å². The third kappa shape index (κ3) is 3.58. The summed E-state index contributed by atoms with van der Waals surface area (Å²) >= 11 is 0. The lowest BCUT2D eigenvalue weighted by Gasteiger charge is -2.61. The van der Waals surface area contributed by atoms with Crippen LogP contribution in [0.1, 0.15) is 81.2 Å². The smallest absolute Gasteiger partial charge is 0.229 e. The first-order valence-electron chi connectivity index (χ1n) is 13.2. The Bertz CT molecular complexity index is 1380. The molecule has 0 aromatic heterocycles. The van der Waals surface area contributed by atoms with Crippen molar-refractivity contribution in [3.63, 3.8) is 0 Å². The minimum Gasteiger partial charge on any atom is -0.507 e. The number of aliphatic hydroxyl groups is 1. The van der Waals surface area contributed by atoms with Gasteiger partial charge in [-0.2, -0.15) is 0 Å². The molecule has 2 saturated carbocycles. The van der Waals surface area contributed by atoms with Gasteiger partial charge in [0.05, 0.1) is 11.5 Å². The van der Waals surface area contributed by atoms with Crippen molar-refractivity contribution in [2.24, 2.45) is 40.4 Å². The highest BCUT2D eigenvalue weighted by molar-refractivity contribution is 6.45. The summed E-state index contributed by atoms with van der Waals surface area (Å²) in [6, 6.07) is 2.38. The molecule has 0 amide bonds. The molecule has 39 heavy (non-hydrogen) atoms. The highest BCUT2D eigenvalue weighted by atomic mass is 16.3. The summed E-state index contributed by atoms with van der Waals surface area (Å²) in [4.78, 5) is 93.4. The van der Waals surface area contributed by atoms with Gasteiger partial charge in [-0.25, -0.2) is 0 Å². The molecule has 6 atom stereocenters. The molecular weight excluding hydrogens is 504 g/mol. The van der Waals surface area contributed by atoms with Gasteiger partial charge in [-0.1, -0.05) is 41.5 Å². The van der Waals surface area contributed by atoms with Gasteiger partial charge in [0.25, 0.3) is 0 Å². The van der Waals surface area contributed by atoms with Gasteiger partial charge < -0.3 is 10.2 Å². The fourth-order valence-electron chi connectivity index (χ4n) is 7.74. The van der Waals surface area contributed by atoms with E-state index in [4.69, 9.17) is 0 Å². The monoisotopic (exact) mass is 538 g/mol. The number of phenolic OH excluding ortho intramolecular Hbond substituents is 1. The Morgan fingerprint density at radius 1 is 0.974 bits per heavy atom. The lowest BCUT2D eigenvalue weighted by atomic mass is 9.40. The SMILES string of the molecule is CC(=O)C1C(=O)C(C(C)C)[C@@]2(C)C[C@@]3(C)Cc4c(C(=O)C(=O)C(C)C)ccc(O)c4C(=O)C3C(=O)[C@@]2(O)C1=O. The quantitative estimate of drug-likeness (QED) is 0.326. The Morgan fingerprint density at radius 3 is 2.08 bits per heavy atom. The Labute approximate surface area is 226 Å². The van der Waals surface area contributed by atoms with E-state index in [1.54, 1.807) is 34.6 Å². The minimum absolute atomic E-state index is 0.0548. The fraction of sp³-hybridized carbons (Fsp3) is 0.567. The van der Waals surface area contributed by atoms with E-state index < -0.39 is 92.3 Å². The van der Waals surface area contributed by atoms with Crippen molar-refractivity contribution >= 4 is 40.5 Å². The molecule has 9 heteroatoms. The Hall–Kier alpha value is -3.33. The van der Waals surface area contributed by atoms with E-state index in [1.165, 1.54) is 13.0 Å². The first-order valence-corrected chi connectivity index (χ1v) is 13.2. The number of rotatable bonds is 5. The van der Waals surface area contributed by atoms with Crippen LogP contribution >= 0.6 is 0 Å². The minimum atomic E-state index is -2.79. The first-order chi connectivity index (χ1) is 17.9.